The van der Waals surface area contributed by atoms with E-state index in [9.17, 15) is 13.2 Å². The Morgan fingerprint density at radius 2 is 1.96 bits per heavy atom. The third-order valence-electron chi connectivity index (χ3n) is 4.22. The fraction of sp³-hybridized carbons (Fsp3) is 0.316. The molecule has 0 atom stereocenters. The van der Waals surface area contributed by atoms with Crippen molar-refractivity contribution in [3.05, 3.63) is 52.5 Å². The Hall–Kier alpha value is -1.39. The van der Waals surface area contributed by atoms with Gasteiger partial charge in [-0.1, -0.05) is 22.0 Å². The standard InChI is InChI=1S/C19H21BrN2O4S2/c1-14-11-15(20)5-6-18(14)27-13-19(23)21-16-3-2-4-17(12-16)28(24,25)22-7-9-26-10-8-22/h2-6,11-12H,7-10,13H2,1H3,(H,21,23). The molecule has 1 fully saturated rings. The lowest BCUT2D eigenvalue weighted by molar-refractivity contribution is -0.113. The largest absolute Gasteiger partial charge is 0.379 e. The van der Waals surface area contributed by atoms with Crippen molar-refractivity contribution in [1.82, 2.24) is 4.31 Å². The lowest BCUT2D eigenvalue weighted by atomic mass is 10.2. The Balaban J connectivity index is 1.64. The Morgan fingerprint density at radius 1 is 1.21 bits per heavy atom. The van der Waals surface area contributed by atoms with Gasteiger partial charge in [0.25, 0.3) is 0 Å². The van der Waals surface area contributed by atoms with Gasteiger partial charge in [0.2, 0.25) is 15.9 Å². The van der Waals surface area contributed by atoms with Crippen molar-refractivity contribution in [3.8, 4) is 0 Å². The van der Waals surface area contributed by atoms with Crippen LogP contribution in [0.5, 0.6) is 0 Å². The van der Waals surface area contributed by atoms with Crippen LogP contribution in [0.2, 0.25) is 0 Å². The first-order valence-corrected chi connectivity index (χ1v) is 11.9. The summed E-state index contributed by atoms with van der Waals surface area (Å²) in [4.78, 5) is 13.5. The molecule has 1 aliphatic rings. The second-order valence-corrected chi connectivity index (χ2v) is 10.2. The normalized spacial score (nSPS) is 15.4. The van der Waals surface area contributed by atoms with Crippen LogP contribution in [-0.4, -0.2) is 50.7 Å². The number of hydrogen-bond acceptors (Lipinski definition) is 5. The summed E-state index contributed by atoms with van der Waals surface area (Å²) in [5.41, 5.74) is 1.55. The second kappa shape index (κ2) is 9.41. The molecule has 150 valence electrons. The molecule has 1 heterocycles. The van der Waals surface area contributed by atoms with Crippen LogP contribution < -0.4 is 5.32 Å². The smallest absolute Gasteiger partial charge is 0.243 e. The highest BCUT2D eigenvalue weighted by molar-refractivity contribution is 9.10. The van der Waals surface area contributed by atoms with Gasteiger partial charge in [0, 0.05) is 28.1 Å². The van der Waals surface area contributed by atoms with Crippen molar-refractivity contribution in [2.24, 2.45) is 0 Å². The van der Waals surface area contributed by atoms with E-state index in [0.717, 1.165) is 14.9 Å². The Morgan fingerprint density at radius 3 is 2.68 bits per heavy atom. The highest BCUT2D eigenvalue weighted by Crippen LogP contribution is 2.26. The molecule has 2 aromatic carbocycles. The average molecular weight is 485 g/mol. The molecule has 0 unspecified atom stereocenters. The molecule has 6 nitrogen and oxygen atoms in total. The van der Waals surface area contributed by atoms with Crippen molar-refractivity contribution >= 4 is 49.3 Å². The summed E-state index contributed by atoms with van der Waals surface area (Å²) in [6.07, 6.45) is 0. The first-order valence-electron chi connectivity index (χ1n) is 8.73. The number of morpholine rings is 1. The van der Waals surface area contributed by atoms with Crippen LogP contribution in [0, 0.1) is 6.92 Å². The van der Waals surface area contributed by atoms with E-state index < -0.39 is 10.0 Å². The third kappa shape index (κ3) is 5.36. The molecule has 0 bridgehead atoms. The van der Waals surface area contributed by atoms with Crippen molar-refractivity contribution < 1.29 is 17.9 Å². The van der Waals surface area contributed by atoms with Crippen LogP contribution in [0.15, 0.2) is 56.7 Å². The van der Waals surface area contributed by atoms with E-state index >= 15 is 0 Å². The van der Waals surface area contributed by atoms with Crippen LogP contribution in [0.3, 0.4) is 0 Å². The third-order valence-corrected chi connectivity index (χ3v) is 7.78. The number of benzene rings is 2. The lowest BCUT2D eigenvalue weighted by Crippen LogP contribution is -2.40. The van der Waals surface area contributed by atoms with E-state index in [1.54, 1.807) is 18.2 Å². The van der Waals surface area contributed by atoms with Gasteiger partial charge in [0.1, 0.15) is 0 Å². The summed E-state index contributed by atoms with van der Waals surface area (Å²) in [7, 11) is -3.59. The molecular weight excluding hydrogens is 464 g/mol. The minimum Gasteiger partial charge on any atom is -0.379 e. The number of ether oxygens (including phenoxy) is 1. The van der Waals surface area contributed by atoms with Crippen LogP contribution in [0.1, 0.15) is 5.56 Å². The van der Waals surface area contributed by atoms with Crippen LogP contribution >= 0.6 is 27.7 Å². The summed E-state index contributed by atoms with van der Waals surface area (Å²) in [5.74, 6) is 0.0522. The molecule has 1 amide bonds. The van der Waals surface area contributed by atoms with Gasteiger partial charge in [0.15, 0.2) is 0 Å². The van der Waals surface area contributed by atoms with Gasteiger partial charge in [0.05, 0.1) is 23.9 Å². The SMILES string of the molecule is Cc1cc(Br)ccc1SCC(=O)Nc1cccc(S(=O)(=O)N2CCOCC2)c1. The number of nitrogens with one attached hydrogen (secondary N) is 1. The molecular formula is C19H21BrN2O4S2. The maximum absolute atomic E-state index is 12.8. The lowest BCUT2D eigenvalue weighted by Gasteiger charge is -2.26. The summed E-state index contributed by atoms with van der Waals surface area (Å²) in [5, 5.41) is 2.78. The van der Waals surface area contributed by atoms with Gasteiger partial charge < -0.3 is 10.1 Å². The summed E-state index contributed by atoms with van der Waals surface area (Å²) in [6, 6.07) is 12.3. The molecule has 0 radical (unpaired) electrons. The Labute approximate surface area is 177 Å². The summed E-state index contributed by atoms with van der Waals surface area (Å²) in [6.45, 7) is 3.44. The molecule has 0 spiro atoms. The molecule has 3 rings (SSSR count). The number of thioether (sulfide) groups is 1. The molecule has 0 saturated carbocycles. The molecule has 1 aliphatic heterocycles. The van der Waals surface area contributed by atoms with E-state index in [1.165, 1.54) is 22.1 Å². The number of aryl methyl sites for hydroxylation is 1. The predicted molar refractivity (Wildman–Crippen MR) is 114 cm³/mol. The maximum atomic E-state index is 12.8. The Kier molecular flexibility index (Phi) is 7.16. The summed E-state index contributed by atoms with van der Waals surface area (Å²) < 4.78 is 33.1. The highest BCUT2D eigenvalue weighted by atomic mass is 79.9. The number of amides is 1. The van der Waals surface area contributed by atoms with Crippen molar-refractivity contribution in [3.63, 3.8) is 0 Å². The molecule has 1 N–H and O–H groups in total. The fourth-order valence-corrected chi connectivity index (χ4v) is 5.53. The van der Waals surface area contributed by atoms with Crippen molar-refractivity contribution in [1.29, 1.82) is 0 Å². The van der Waals surface area contributed by atoms with E-state index in [-0.39, 0.29) is 16.6 Å². The quantitative estimate of drug-likeness (QED) is 0.634. The number of carbonyl (C=O) groups excluding carboxylic acids is 1. The van der Waals surface area contributed by atoms with Crippen LogP contribution in [-0.2, 0) is 19.6 Å². The monoisotopic (exact) mass is 484 g/mol. The van der Waals surface area contributed by atoms with E-state index in [1.807, 2.05) is 25.1 Å². The van der Waals surface area contributed by atoms with Gasteiger partial charge in [-0.15, -0.1) is 11.8 Å². The van der Waals surface area contributed by atoms with E-state index in [2.05, 4.69) is 21.2 Å². The van der Waals surface area contributed by atoms with Gasteiger partial charge in [-0.2, -0.15) is 4.31 Å². The predicted octanol–water partition coefficient (Wildman–Crippen LogP) is 3.51. The van der Waals surface area contributed by atoms with Gasteiger partial charge in [-0.25, -0.2) is 8.42 Å². The zero-order chi connectivity index (χ0) is 20.1. The Bertz CT molecular complexity index is 960. The fourth-order valence-electron chi connectivity index (χ4n) is 2.79. The molecule has 2 aromatic rings. The van der Waals surface area contributed by atoms with E-state index in [4.69, 9.17) is 4.74 Å². The molecule has 1 saturated heterocycles. The highest BCUT2D eigenvalue weighted by Gasteiger charge is 2.26. The van der Waals surface area contributed by atoms with E-state index in [0.29, 0.717) is 32.0 Å². The van der Waals surface area contributed by atoms with Gasteiger partial charge in [-0.05, 0) is 48.9 Å². The van der Waals surface area contributed by atoms with Crippen molar-refractivity contribution in [2.75, 3.05) is 37.4 Å². The maximum Gasteiger partial charge on any atom is 0.243 e. The molecule has 9 heteroatoms. The average Bonchev–Trinajstić information content (AvgIpc) is 2.68. The number of sulfonamides is 1. The second-order valence-electron chi connectivity index (χ2n) is 6.29. The van der Waals surface area contributed by atoms with Gasteiger partial charge >= 0.3 is 0 Å². The molecule has 0 aromatic heterocycles. The number of nitrogens with zero attached hydrogens (tertiary/aromatic N) is 1. The van der Waals surface area contributed by atoms with Crippen LogP contribution in [0.25, 0.3) is 0 Å². The zero-order valence-electron chi connectivity index (χ0n) is 15.4. The number of halogens is 1. The zero-order valence-corrected chi connectivity index (χ0v) is 18.6. The summed E-state index contributed by atoms with van der Waals surface area (Å²) >= 11 is 4.87. The van der Waals surface area contributed by atoms with Crippen LogP contribution in [0.4, 0.5) is 5.69 Å². The molecule has 28 heavy (non-hydrogen) atoms. The topological polar surface area (TPSA) is 75.7 Å². The minimum atomic E-state index is -3.59. The molecule has 0 aliphatic carbocycles. The number of carbonyl (C=O) groups is 1. The number of anilines is 1. The number of rotatable bonds is 6. The first kappa shape index (κ1) is 21.3. The minimum absolute atomic E-state index is 0.170. The van der Waals surface area contributed by atoms with Crippen molar-refractivity contribution in [2.45, 2.75) is 16.7 Å². The number of hydrogen-bond donors (Lipinski definition) is 1. The van der Waals surface area contributed by atoms with Gasteiger partial charge in [-0.3, -0.25) is 4.79 Å². The first-order chi connectivity index (χ1) is 13.4.